The van der Waals surface area contributed by atoms with E-state index >= 15 is 0 Å². The molecule has 1 N–H and O–H groups in total. The fraction of sp³-hybridized carbons (Fsp3) is 0.562. The molecule has 2 bridgehead atoms. The predicted octanol–water partition coefficient (Wildman–Crippen LogP) is 3.84. The number of fused-ring (bicyclic) bond motifs is 2. The molecule has 0 spiro atoms. The van der Waals surface area contributed by atoms with Crippen LogP contribution < -0.4 is 4.74 Å². The third-order valence-corrected chi connectivity index (χ3v) is 4.82. The Bertz CT molecular complexity index is 529. The molecule has 4 heteroatoms. The highest BCUT2D eigenvalue weighted by atomic mass is 19.1. The Morgan fingerprint density at radius 1 is 1.40 bits per heavy atom. The molecule has 108 valence electrons. The lowest BCUT2D eigenvalue weighted by Gasteiger charge is -2.22. The van der Waals surface area contributed by atoms with E-state index in [0.717, 1.165) is 11.8 Å². The first-order chi connectivity index (χ1) is 9.67. The van der Waals surface area contributed by atoms with Gasteiger partial charge < -0.3 is 9.94 Å². The zero-order chi connectivity index (χ0) is 14.1. The summed E-state index contributed by atoms with van der Waals surface area (Å²) in [5.41, 5.74) is 0.892. The van der Waals surface area contributed by atoms with Crippen molar-refractivity contribution in [1.82, 2.24) is 0 Å². The lowest BCUT2D eigenvalue weighted by atomic mass is 9.89. The first-order valence-electron chi connectivity index (χ1n) is 7.28. The van der Waals surface area contributed by atoms with Gasteiger partial charge >= 0.3 is 0 Å². The fourth-order valence-electron chi connectivity index (χ4n) is 3.74. The summed E-state index contributed by atoms with van der Waals surface area (Å²) in [6.07, 6.45) is 5.31. The molecule has 2 aliphatic carbocycles. The van der Waals surface area contributed by atoms with Crippen LogP contribution in [0, 0.1) is 23.6 Å². The quantitative estimate of drug-likeness (QED) is 0.516. The molecular weight excluding hydrogens is 257 g/mol. The molecule has 0 aromatic heterocycles. The van der Waals surface area contributed by atoms with Gasteiger partial charge in [-0.1, -0.05) is 11.6 Å². The van der Waals surface area contributed by atoms with Crippen molar-refractivity contribution >= 4 is 5.71 Å². The summed E-state index contributed by atoms with van der Waals surface area (Å²) in [6.45, 7) is 2.32. The lowest BCUT2D eigenvalue weighted by Crippen LogP contribution is -2.19. The number of oxime groups is 1. The Balaban J connectivity index is 1.71. The van der Waals surface area contributed by atoms with Gasteiger partial charge in [0.25, 0.3) is 0 Å². The van der Waals surface area contributed by atoms with Gasteiger partial charge in [-0.2, -0.15) is 0 Å². The number of ether oxygens (including phenoxy) is 1. The second kappa shape index (κ2) is 5.43. The normalized spacial score (nSPS) is 28.9. The van der Waals surface area contributed by atoms with Gasteiger partial charge in [0, 0.05) is 5.56 Å². The molecule has 1 aromatic rings. The maximum atomic E-state index is 13.3. The van der Waals surface area contributed by atoms with Crippen LogP contribution in [0.25, 0.3) is 0 Å². The first kappa shape index (κ1) is 13.4. The zero-order valence-electron chi connectivity index (χ0n) is 11.7. The molecule has 0 saturated heterocycles. The zero-order valence-corrected chi connectivity index (χ0v) is 11.7. The van der Waals surface area contributed by atoms with E-state index in [1.54, 1.807) is 13.0 Å². The minimum atomic E-state index is -0.352. The standard InChI is InChI=1S/C16H20FNO2/c1-10(18-19)15-8-14(17)4-5-16(15)20-9-13-7-11-2-3-12(13)6-11/h4-5,8,11-13,19H,2-3,6-7,9H2,1H3/b18-10-. The SMILES string of the molecule is C/C(=N/O)c1cc(F)ccc1OCC1CC2CCC1C2. The van der Waals surface area contributed by atoms with E-state index < -0.39 is 0 Å². The maximum Gasteiger partial charge on any atom is 0.128 e. The van der Waals surface area contributed by atoms with Crippen LogP contribution >= 0.6 is 0 Å². The van der Waals surface area contributed by atoms with Crippen molar-refractivity contribution in [2.75, 3.05) is 6.61 Å². The summed E-state index contributed by atoms with van der Waals surface area (Å²) in [7, 11) is 0. The molecule has 3 atom stereocenters. The highest BCUT2D eigenvalue weighted by Crippen LogP contribution is 2.48. The number of hydrogen-bond donors (Lipinski definition) is 1. The lowest BCUT2D eigenvalue weighted by molar-refractivity contribution is 0.195. The summed E-state index contributed by atoms with van der Waals surface area (Å²) in [6, 6.07) is 4.35. The van der Waals surface area contributed by atoms with E-state index in [-0.39, 0.29) is 5.82 Å². The van der Waals surface area contributed by atoms with Crippen LogP contribution in [0.5, 0.6) is 5.75 Å². The van der Waals surface area contributed by atoms with E-state index in [1.807, 2.05) is 0 Å². The van der Waals surface area contributed by atoms with Crippen LogP contribution in [0.1, 0.15) is 38.2 Å². The molecule has 0 heterocycles. The Labute approximate surface area is 118 Å². The third-order valence-electron chi connectivity index (χ3n) is 4.82. The maximum absolute atomic E-state index is 13.3. The van der Waals surface area contributed by atoms with Crippen LogP contribution in [-0.4, -0.2) is 17.5 Å². The molecule has 2 aliphatic rings. The molecule has 20 heavy (non-hydrogen) atoms. The Morgan fingerprint density at radius 2 is 2.25 bits per heavy atom. The fourth-order valence-corrected chi connectivity index (χ4v) is 3.74. The van der Waals surface area contributed by atoms with Crippen LogP contribution in [0.3, 0.4) is 0 Å². The van der Waals surface area contributed by atoms with Gasteiger partial charge in [-0.3, -0.25) is 0 Å². The van der Waals surface area contributed by atoms with Crippen LogP contribution in [0.4, 0.5) is 4.39 Å². The predicted molar refractivity (Wildman–Crippen MR) is 74.8 cm³/mol. The molecule has 2 fully saturated rings. The molecule has 0 radical (unpaired) electrons. The number of halogens is 1. The van der Waals surface area contributed by atoms with Gasteiger partial charge in [0.15, 0.2) is 0 Å². The summed E-state index contributed by atoms with van der Waals surface area (Å²) in [5, 5.41) is 12.0. The van der Waals surface area contributed by atoms with E-state index in [1.165, 1.54) is 37.8 Å². The second-order valence-corrected chi connectivity index (χ2v) is 6.07. The largest absolute Gasteiger partial charge is 0.493 e. The Hall–Kier alpha value is -1.58. The monoisotopic (exact) mass is 277 g/mol. The van der Waals surface area contributed by atoms with Gasteiger partial charge in [-0.15, -0.1) is 0 Å². The van der Waals surface area contributed by atoms with Crippen LogP contribution in [-0.2, 0) is 0 Å². The van der Waals surface area contributed by atoms with E-state index in [0.29, 0.717) is 29.5 Å². The van der Waals surface area contributed by atoms with Crippen molar-refractivity contribution in [2.45, 2.75) is 32.6 Å². The summed E-state index contributed by atoms with van der Waals surface area (Å²) in [4.78, 5) is 0. The van der Waals surface area contributed by atoms with Crippen LogP contribution in [0.15, 0.2) is 23.4 Å². The van der Waals surface area contributed by atoms with E-state index in [9.17, 15) is 4.39 Å². The number of rotatable bonds is 4. The Morgan fingerprint density at radius 3 is 2.90 bits per heavy atom. The molecule has 0 amide bonds. The third kappa shape index (κ3) is 2.51. The van der Waals surface area contributed by atoms with Crippen molar-refractivity contribution in [3.8, 4) is 5.75 Å². The molecule has 3 nitrogen and oxygen atoms in total. The summed E-state index contributed by atoms with van der Waals surface area (Å²) < 4.78 is 19.2. The summed E-state index contributed by atoms with van der Waals surface area (Å²) in [5.74, 6) is 2.57. The van der Waals surface area contributed by atoms with Crippen molar-refractivity contribution < 1.29 is 14.3 Å². The molecule has 3 unspecified atom stereocenters. The molecular formula is C16H20FNO2. The average Bonchev–Trinajstić information content (AvgIpc) is 3.07. The molecule has 3 rings (SSSR count). The van der Waals surface area contributed by atoms with E-state index in [2.05, 4.69) is 5.16 Å². The van der Waals surface area contributed by atoms with Gasteiger partial charge in [-0.25, -0.2) is 4.39 Å². The van der Waals surface area contributed by atoms with Gasteiger partial charge in [0.1, 0.15) is 11.6 Å². The van der Waals surface area contributed by atoms with Crippen molar-refractivity contribution in [3.63, 3.8) is 0 Å². The highest BCUT2D eigenvalue weighted by Gasteiger charge is 2.39. The minimum Gasteiger partial charge on any atom is -0.493 e. The average molecular weight is 277 g/mol. The number of nitrogens with zero attached hydrogens (tertiary/aromatic N) is 1. The minimum absolute atomic E-state index is 0.352. The molecule has 0 aliphatic heterocycles. The van der Waals surface area contributed by atoms with Crippen molar-refractivity contribution in [1.29, 1.82) is 0 Å². The van der Waals surface area contributed by atoms with Gasteiger partial charge in [0.2, 0.25) is 0 Å². The number of hydrogen-bond acceptors (Lipinski definition) is 3. The molecule has 2 saturated carbocycles. The summed E-state index contributed by atoms with van der Waals surface area (Å²) >= 11 is 0. The smallest absolute Gasteiger partial charge is 0.128 e. The van der Waals surface area contributed by atoms with Crippen LogP contribution in [0.2, 0.25) is 0 Å². The molecule has 1 aromatic carbocycles. The Kier molecular flexibility index (Phi) is 3.64. The van der Waals surface area contributed by atoms with Crippen molar-refractivity contribution in [3.05, 3.63) is 29.6 Å². The topological polar surface area (TPSA) is 41.8 Å². The number of benzene rings is 1. The van der Waals surface area contributed by atoms with Gasteiger partial charge in [0.05, 0.1) is 12.3 Å². The highest BCUT2D eigenvalue weighted by molar-refractivity contribution is 6.00. The van der Waals surface area contributed by atoms with Gasteiger partial charge in [-0.05, 0) is 62.1 Å². The van der Waals surface area contributed by atoms with Crippen molar-refractivity contribution in [2.24, 2.45) is 22.9 Å². The first-order valence-corrected chi connectivity index (χ1v) is 7.28. The van der Waals surface area contributed by atoms with E-state index in [4.69, 9.17) is 9.94 Å². The second-order valence-electron chi connectivity index (χ2n) is 6.07.